The Balaban J connectivity index is 2.53. The number of carbonyl (C=O) groups is 1. The highest BCUT2D eigenvalue weighted by Crippen LogP contribution is 2.29. The number of pyridine rings is 1. The van der Waals surface area contributed by atoms with Crippen molar-refractivity contribution in [1.82, 2.24) is 4.98 Å². The van der Waals surface area contributed by atoms with Gasteiger partial charge in [-0.3, -0.25) is 0 Å². The van der Waals surface area contributed by atoms with E-state index in [1.807, 2.05) is 13.8 Å². The maximum absolute atomic E-state index is 13.0. The Morgan fingerprint density at radius 1 is 1.30 bits per heavy atom. The number of aromatic nitrogens is 1. The minimum atomic E-state index is -1.07. The van der Waals surface area contributed by atoms with Gasteiger partial charge in [0.15, 0.2) is 0 Å². The van der Waals surface area contributed by atoms with Crippen molar-refractivity contribution in [3.63, 3.8) is 0 Å². The van der Waals surface area contributed by atoms with Gasteiger partial charge in [-0.2, -0.15) is 0 Å². The summed E-state index contributed by atoms with van der Waals surface area (Å²) in [4.78, 5) is 15.1. The van der Waals surface area contributed by atoms with Crippen molar-refractivity contribution < 1.29 is 19.0 Å². The first-order valence-electron chi connectivity index (χ1n) is 6.13. The fraction of sp³-hybridized carbons (Fsp3) is 0.200. The molecule has 0 radical (unpaired) electrons. The summed E-state index contributed by atoms with van der Waals surface area (Å²) < 4.78 is 18.5. The van der Waals surface area contributed by atoms with Gasteiger partial charge in [0.1, 0.15) is 5.82 Å². The third-order valence-corrected chi connectivity index (χ3v) is 2.60. The van der Waals surface area contributed by atoms with Crippen molar-refractivity contribution in [3.05, 3.63) is 47.9 Å². The van der Waals surface area contributed by atoms with E-state index < -0.39 is 5.97 Å². The number of rotatable bonds is 4. The van der Waals surface area contributed by atoms with Crippen LogP contribution in [0.15, 0.2) is 36.5 Å². The molecule has 0 unspecified atom stereocenters. The lowest BCUT2D eigenvalue weighted by Crippen LogP contribution is -2.09. The molecular formula is C15H14FNO3. The van der Waals surface area contributed by atoms with Crippen LogP contribution in [-0.4, -0.2) is 22.2 Å². The minimum absolute atomic E-state index is 0.0560. The van der Waals surface area contributed by atoms with Crippen molar-refractivity contribution >= 4 is 5.97 Å². The normalized spacial score (nSPS) is 10.6. The van der Waals surface area contributed by atoms with Gasteiger partial charge in [0.2, 0.25) is 5.88 Å². The Bertz CT molecular complexity index is 624. The average Bonchev–Trinajstić information content (AvgIpc) is 2.39. The quantitative estimate of drug-likeness (QED) is 0.929. The summed E-state index contributed by atoms with van der Waals surface area (Å²) in [5.41, 5.74) is 1.23. The predicted octanol–water partition coefficient (Wildman–Crippen LogP) is 3.37. The Morgan fingerprint density at radius 3 is 2.50 bits per heavy atom. The molecule has 0 bridgehead atoms. The van der Waals surface area contributed by atoms with Crippen molar-refractivity contribution in [2.75, 3.05) is 0 Å². The van der Waals surface area contributed by atoms with Crippen LogP contribution in [0.25, 0.3) is 11.1 Å². The van der Waals surface area contributed by atoms with Crippen molar-refractivity contribution in [1.29, 1.82) is 0 Å². The molecule has 2 rings (SSSR count). The molecule has 0 saturated heterocycles. The van der Waals surface area contributed by atoms with Crippen LogP contribution < -0.4 is 4.74 Å². The first-order valence-corrected chi connectivity index (χ1v) is 6.13. The summed E-state index contributed by atoms with van der Waals surface area (Å²) >= 11 is 0. The summed E-state index contributed by atoms with van der Waals surface area (Å²) in [6.45, 7) is 3.70. The molecule has 1 aromatic carbocycles. The maximum atomic E-state index is 13.0. The van der Waals surface area contributed by atoms with E-state index in [2.05, 4.69) is 4.98 Å². The lowest BCUT2D eigenvalue weighted by molar-refractivity contribution is 0.0696. The molecule has 0 saturated carbocycles. The minimum Gasteiger partial charge on any atom is -0.478 e. The lowest BCUT2D eigenvalue weighted by atomic mass is 10.1. The summed E-state index contributed by atoms with van der Waals surface area (Å²) in [7, 11) is 0. The second-order valence-electron chi connectivity index (χ2n) is 4.56. The fourth-order valence-corrected chi connectivity index (χ4v) is 1.72. The Morgan fingerprint density at radius 2 is 1.95 bits per heavy atom. The second-order valence-corrected chi connectivity index (χ2v) is 4.56. The van der Waals surface area contributed by atoms with Crippen LogP contribution in [0, 0.1) is 5.82 Å². The molecule has 0 spiro atoms. The topological polar surface area (TPSA) is 59.4 Å². The molecule has 20 heavy (non-hydrogen) atoms. The lowest BCUT2D eigenvalue weighted by Gasteiger charge is -2.13. The zero-order valence-corrected chi connectivity index (χ0v) is 11.1. The summed E-state index contributed by atoms with van der Waals surface area (Å²) in [6, 6.07) is 7.21. The van der Waals surface area contributed by atoms with Crippen LogP contribution in [0.4, 0.5) is 4.39 Å². The average molecular weight is 275 g/mol. The molecule has 2 aromatic rings. The molecule has 1 aromatic heterocycles. The maximum Gasteiger partial charge on any atom is 0.337 e. The number of nitrogens with zero attached hydrogens (tertiary/aromatic N) is 1. The van der Waals surface area contributed by atoms with Crippen LogP contribution in [0.3, 0.4) is 0 Å². The molecule has 1 heterocycles. The molecule has 0 aliphatic heterocycles. The number of halogens is 1. The monoisotopic (exact) mass is 275 g/mol. The van der Waals surface area contributed by atoms with Crippen LogP contribution in [0.1, 0.15) is 24.2 Å². The fourth-order valence-electron chi connectivity index (χ4n) is 1.72. The zero-order valence-electron chi connectivity index (χ0n) is 11.1. The molecule has 0 atom stereocenters. The highest BCUT2D eigenvalue weighted by Gasteiger charge is 2.14. The van der Waals surface area contributed by atoms with E-state index in [4.69, 9.17) is 9.84 Å². The van der Waals surface area contributed by atoms with Crippen molar-refractivity contribution in [3.8, 4) is 17.0 Å². The number of hydrogen-bond acceptors (Lipinski definition) is 3. The summed E-state index contributed by atoms with van der Waals surface area (Å²) in [5, 5.41) is 9.03. The van der Waals surface area contributed by atoms with Gasteiger partial charge in [0.25, 0.3) is 0 Å². The third-order valence-electron chi connectivity index (χ3n) is 2.60. The van der Waals surface area contributed by atoms with Crippen LogP contribution >= 0.6 is 0 Å². The van der Waals surface area contributed by atoms with Gasteiger partial charge in [0.05, 0.1) is 11.7 Å². The summed E-state index contributed by atoms with van der Waals surface area (Å²) in [5.74, 6) is -1.10. The number of ether oxygens (including phenoxy) is 1. The molecule has 0 amide bonds. The van der Waals surface area contributed by atoms with Crippen LogP contribution in [-0.2, 0) is 0 Å². The van der Waals surface area contributed by atoms with E-state index in [-0.39, 0.29) is 17.5 Å². The number of carboxylic acid groups (broad SMARTS) is 1. The Labute approximate surface area is 115 Å². The van der Waals surface area contributed by atoms with Crippen LogP contribution in [0.5, 0.6) is 5.88 Å². The SMILES string of the molecule is CC(C)Oc1ncc(C(=O)O)cc1-c1ccc(F)cc1. The smallest absolute Gasteiger partial charge is 0.337 e. The largest absolute Gasteiger partial charge is 0.478 e. The highest BCUT2D eigenvalue weighted by molar-refractivity contribution is 5.89. The summed E-state index contributed by atoms with van der Waals surface area (Å²) in [6.07, 6.45) is 1.14. The second kappa shape index (κ2) is 5.69. The van der Waals surface area contributed by atoms with Crippen LogP contribution in [0.2, 0.25) is 0 Å². The first-order chi connectivity index (χ1) is 9.47. The first kappa shape index (κ1) is 14.0. The van der Waals surface area contributed by atoms with Crippen molar-refractivity contribution in [2.24, 2.45) is 0 Å². The van der Waals surface area contributed by atoms with Gasteiger partial charge < -0.3 is 9.84 Å². The Kier molecular flexibility index (Phi) is 3.98. The highest BCUT2D eigenvalue weighted by atomic mass is 19.1. The molecule has 0 aliphatic rings. The van der Waals surface area contributed by atoms with E-state index >= 15 is 0 Å². The van der Waals surface area contributed by atoms with Crippen molar-refractivity contribution in [2.45, 2.75) is 20.0 Å². The molecule has 104 valence electrons. The number of hydrogen-bond donors (Lipinski definition) is 1. The van der Waals surface area contributed by atoms with E-state index in [0.29, 0.717) is 17.0 Å². The molecule has 0 aliphatic carbocycles. The van der Waals surface area contributed by atoms with Gasteiger partial charge >= 0.3 is 5.97 Å². The number of benzene rings is 1. The van der Waals surface area contributed by atoms with Gasteiger partial charge in [-0.25, -0.2) is 14.2 Å². The van der Waals surface area contributed by atoms with E-state index in [1.54, 1.807) is 12.1 Å². The molecule has 4 nitrogen and oxygen atoms in total. The van der Waals surface area contributed by atoms with E-state index in [1.165, 1.54) is 24.4 Å². The zero-order chi connectivity index (χ0) is 14.7. The number of carboxylic acids is 1. The van der Waals surface area contributed by atoms with Gasteiger partial charge in [-0.1, -0.05) is 12.1 Å². The van der Waals surface area contributed by atoms with Gasteiger partial charge in [0, 0.05) is 11.8 Å². The van der Waals surface area contributed by atoms with E-state index in [9.17, 15) is 9.18 Å². The van der Waals surface area contributed by atoms with E-state index in [0.717, 1.165) is 0 Å². The third kappa shape index (κ3) is 3.12. The molecular weight excluding hydrogens is 261 g/mol. The van der Waals surface area contributed by atoms with Gasteiger partial charge in [-0.15, -0.1) is 0 Å². The number of aromatic carboxylic acids is 1. The van der Waals surface area contributed by atoms with Gasteiger partial charge in [-0.05, 0) is 37.6 Å². The molecule has 5 heteroatoms. The molecule has 0 fully saturated rings. The predicted molar refractivity (Wildman–Crippen MR) is 72.4 cm³/mol. The Hall–Kier alpha value is -2.43. The molecule has 1 N–H and O–H groups in total. The standard InChI is InChI=1S/C15H14FNO3/c1-9(2)20-14-13(7-11(8-17-14)15(18)19)10-3-5-12(16)6-4-10/h3-9H,1-2H3,(H,18,19).